The first-order valence-electron chi connectivity index (χ1n) is 5.14. The summed E-state index contributed by atoms with van der Waals surface area (Å²) in [5.41, 5.74) is 7.39. The molecule has 0 unspecified atom stereocenters. The van der Waals surface area contributed by atoms with E-state index in [1.54, 1.807) is 0 Å². The summed E-state index contributed by atoms with van der Waals surface area (Å²) in [5, 5.41) is 8.65. The van der Waals surface area contributed by atoms with E-state index in [4.69, 9.17) is 11.0 Å². The van der Waals surface area contributed by atoms with Crippen LogP contribution in [0.4, 0.5) is 0 Å². The molecule has 0 saturated heterocycles. The molecule has 0 aliphatic heterocycles. The molecule has 0 amide bonds. The van der Waals surface area contributed by atoms with Crippen LogP contribution in [-0.4, -0.2) is 25.0 Å². The van der Waals surface area contributed by atoms with Gasteiger partial charge in [-0.2, -0.15) is 5.26 Å². The van der Waals surface area contributed by atoms with Crippen molar-refractivity contribution in [1.29, 1.82) is 5.26 Å². The molecule has 0 aliphatic carbocycles. The summed E-state index contributed by atoms with van der Waals surface area (Å²) in [7, 11) is 2.08. The van der Waals surface area contributed by atoms with E-state index in [9.17, 15) is 0 Å². The van der Waals surface area contributed by atoms with Crippen LogP contribution in [0.3, 0.4) is 0 Å². The molecule has 0 aliphatic rings. The third-order valence-electron chi connectivity index (χ3n) is 2.28. The lowest BCUT2D eigenvalue weighted by Crippen LogP contribution is -2.21. The van der Waals surface area contributed by atoms with Gasteiger partial charge in [0.1, 0.15) is 0 Å². The number of hydrogen-bond acceptors (Lipinski definition) is 3. The average Bonchev–Trinajstić information content (AvgIpc) is 2.27. The molecule has 0 bridgehead atoms. The first-order chi connectivity index (χ1) is 7.26. The van der Waals surface area contributed by atoms with Crippen molar-refractivity contribution in [3.05, 3.63) is 35.4 Å². The van der Waals surface area contributed by atoms with E-state index in [1.165, 1.54) is 5.56 Å². The van der Waals surface area contributed by atoms with Crippen molar-refractivity contribution >= 4 is 0 Å². The zero-order valence-electron chi connectivity index (χ0n) is 9.11. The van der Waals surface area contributed by atoms with Crippen molar-refractivity contribution < 1.29 is 0 Å². The molecule has 1 rings (SSSR count). The fraction of sp³-hybridized carbons (Fsp3) is 0.417. The summed E-state index contributed by atoms with van der Waals surface area (Å²) < 4.78 is 0. The van der Waals surface area contributed by atoms with Crippen molar-refractivity contribution in [3.63, 3.8) is 0 Å². The lowest BCUT2D eigenvalue weighted by Gasteiger charge is -2.15. The van der Waals surface area contributed by atoms with Crippen LogP contribution in [0.25, 0.3) is 0 Å². The number of hydrogen-bond donors (Lipinski definition) is 1. The molecule has 3 heteroatoms. The normalized spacial score (nSPS) is 10.3. The highest BCUT2D eigenvalue weighted by molar-refractivity contribution is 5.31. The Kier molecular flexibility index (Phi) is 4.82. The van der Waals surface area contributed by atoms with E-state index in [0.717, 1.165) is 26.1 Å². The Morgan fingerprint density at radius 2 is 2.00 bits per heavy atom. The minimum Gasteiger partial charge on any atom is -0.330 e. The molecule has 3 nitrogen and oxygen atoms in total. The topological polar surface area (TPSA) is 53.0 Å². The predicted molar refractivity (Wildman–Crippen MR) is 61.2 cm³/mol. The van der Waals surface area contributed by atoms with Gasteiger partial charge in [0, 0.05) is 6.54 Å². The maximum absolute atomic E-state index is 8.65. The lowest BCUT2D eigenvalue weighted by molar-refractivity contribution is 0.324. The van der Waals surface area contributed by atoms with Gasteiger partial charge in [0.15, 0.2) is 0 Å². The van der Waals surface area contributed by atoms with E-state index in [0.29, 0.717) is 5.56 Å². The molecule has 0 aromatic heterocycles. The third kappa shape index (κ3) is 4.11. The van der Waals surface area contributed by atoms with Crippen LogP contribution in [-0.2, 0) is 6.54 Å². The largest absolute Gasteiger partial charge is 0.330 e. The number of nitrogens with two attached hydrogens (primary N) is 1. The van der Waals surface area contributed by atoms with Crippen LogP contribution in [0.5, 0.6) is 0 Å². The summed E-state index contributed by atoms with van der Waals surface area (Å²) in [5.74, 6) is 0. The van der Waals surface area contributed by atoms with Gasteiger partial charge in [0.05, 0.1) is 11.6 Å². The molecule has 0 heterocycles. The zero-order chi connectivity index (χ0) is 11.1. The summed E-state index contributed by atoms with van der Waals surface area (Å²) in [6.07, 6.45) is 1.02. The van der Waals surface area contributed by atoms with Crippen molar-refractivity contribution in [3.8, 4) is 6.07 Å². The molecule has 80 valence electrons. The highest BCUT2D eigenvalue weighted by Gasteiger charge is 1.99. The van der Waals surface area contributed by atoms with Crippen LogP contribution in [0.15, 0.2) is 24.3 Å². The van der Waals surface area contributed by atoms with Gasteiger partial charge in [-0.15, -0.1) is 0 Å². The fourth-order valence-corrected chi connectivity index (χ4v) is 1.44. The number of rotatable bonds is 5. The SMILES string of the molecule is CN(CCCN)Cc1ccc(C#N)cc1. The van der Waals surface area contributed by atoms with Gasteiger partial charge in [0.25, 0.3) is 0 Å². The van der Waals surface area contributed by atoms with Gasteiger partial charge in [-0.05, 0) is 44.3 Å². The smallest absolute Gasteiger partial charge is 0.0991 e. The first kappa shape index (κ1) is 11.7. The van der Waals surface area contributed by atoms with Gasteiger partial charge < -0.3 is 10.6 Å². The number of benzene rings is 1. The van der Waals surface area contributed by atoms with Crippen LogP contribution < -0.4 is 5.73 Å². The molecule has 0 atom stereocenters. The van der Waals surface area contributed by atoms with Crippen molar-refractivity contribution in [2.75, 3.05) is 20.1 Å². The van der Waals surface area contributed by atoms with Gasteiger partial charge in [-0.3, -0.25) is 0 Å². The van der Waals surface area contributed by atoms with E-state index >= 15 is 0 Å². The van der Waals surface area contributed by atoms with Gasteiger partial charge in [-0.1, -0.05) is 12.1 Å². The average molecular weight is 203 g/mol. The van der Waals surface area contributed by atoms with Gasteiger partial charge in [-0.25, -0.2) is 0 Å². The molecule has 1 aromatic rings. The highest BCUT2D eigenvalue weighted by Crippen LogP contribution is 2.05. The Morgan fingerprint density at radius 1 is 1.33 bits per heavy atom. The van der Waals surface area contributed by atoms with Crippen LogP contribution in [0, 0.1) is 11.3 Å². The Balaban J connectivity index is 2.47. The van der Waals surface area contributed by atoms with E-state index in [1.807, 2.05) is 24.3 Å². The number of nitrogens with zero attached hydrogens (tertiary/aromatic N) is 2. The molecule has 1 aromatic carbocycles. The third-order valence-corrected chi connectivity index (χ3v) is 2.28. The van der Waals surface area contributed by atoms with Crippen LogP contribution >= 0.6 is 0 Å². The Morgan fingerprint density at radius 3 is 2.53 bits per heavy atom. The molecular formula is C12H17N3. The van der Waals surface area contributed by atoms with Crippen molar-refractivity contribution in [1.82, 2.24) is 4.90 Å². The maximum Gasteiger partial charge on any atom is 0.0991 e. The second-order valence-corrected chi connectivity index (χ2v) is 3.69. The zero-order valence-corrected chi connectivity index (χ0v) is 9.11. The molecule has 2 N–H and O–H groups in total. The van der Waals surface area contributed by atoms with Gasteiger partial charge in [0.2, 0.25) is 0 Å². The molecule has 0 radical (unpaired) electrons. The minimum atomic E-state index is 0.711. The molecular weight excluding hydrogens is 186 g/mol. The summed E-state index contributed by atoms with van der Waals surface area (Å²) in [6, 6.07) is 9.81. The Labute approximate surface area is 91.1 Å². The number of nitriles is 1. The van der Waals surface area contributed by atoms with Crippen molar-refractivity contribution in [2.45, 2.75) is 13.0 Å². The standard InChI is InChI=1S/C12H17N3/c1-15(8-2-7-13)10-12-5-3-11(9-14)4-6-12/h3-6H,2,7-8,10,13H2,1H3. The summed E-state index contributed by atoms with van der Waals surface area (Å²) in [4.78, 5) is 2.23. The Hall–Kier alpha value is -1.37. The second-order valence-electron chi connectivity index (χ2n) is 3.69. The second kappa shape index (κ2) is 6.18. The molecule has 0 spiro atoms. The van der Waals surface area contributed by atoms with E-state index in [2.05, 4.69) is 18.0 Å². The minimum absolute atomic E-state index is 0.711. The molecule has 15 heavy (non-hydrogen) atoms. The quantitative estimate of drug-likeness (QED) is 0.785. The predicted octanol–water partition coefficient (Wildman–Crippen LogP) is 1.34. The van der Waals surface area contributed by atoms with Gasteiger partial charge >= 0.3 is 0 Å². The molecule has 0 saturated carbocycles. The summed E-state index contributed by atoms with van der Waals surface area (Å²) in [6.45, 7) is 2.65. The van der Waals surface area contributed by atoms with Crippen LogP contribution in [0.1, 0.15) is 17.5 Å². The van der Waals surface area contributed by atoms with E-state index in [-0.39, 0.29) is 0 Å². The monoisotopic (exact) mass is 203 g/mol. The summed E-state index contributed by atoms with van der Waals surface area (Å²) >= 11 is 0. The first-order valence-corrected chi connectivity index (χ1v) is 5.14. The molecule has 0 fully saturated rings. The lowest BCUT2D eigenvalue weighted by atomic mass is 10.1. The van der Waals surface area contributed by atoms with Crippen molar-refractivity contribution in [2.24, 2.45) is 5.73 Å². The Bertz CT molecular complexity index is 324. The fourth-order valence-electron chi connectivity index (χ4n) is 1.44. The highest BCUT2D eigenvalue weighted by atomic mass is 15.1. The maximum atomic E-state index is 8.65. The van der Waals surface area contributed by atoms with Crippen LogP contribution in [0.2, 0.25) is 0 Å². The van der Waals surface area contributed by atoms with E-state index < -0.39 is 0 Å².